The molecular formula is C73H51N3. The number of hydrogen-bond donors (Lipinski definition) is 0. The lowest BCUT2D eigenvalue weighted by atomic mass is 9.70. The van der Waals surface area contributed by atoms with Crippen LogP contribution in [0.2, 0.25) is 0 Å². The van der Waals surface area contributed by atoms with Crippen LogP contribution in [0.4, 0.5) is 34.1 Å². The molecule has 3 heteroatoms. The number of para-hydroxylation sites is 4. The molecular weight excluding hydrogens is 919 g/mol. The summed E-state index contributed by atoms with van der Waals surface area (Å²) in [5, 5.41) is 2.48. The van der Waals surface area contributed by atoms with Crippen molar-refractivity contribution in [2.24, 2.45) is 0 Å². The van der Waals surface area contributed by atoms with Crippen LogP contribution in [0.3, 0.4) is 0 Å². The average Bonchev–Trinajstić information content (AvgIpc) is 4.10. The number of fused-ring (bicyclic) bond motifs is 13. The fourth-order valence-electron chi connectivity index (χ4n) is 13.0. The van der Waals surface area contributed by atoms with Gasteiger partial charge >= 0.3 is 0 Å². The third-order valence-corrected chi connectivity index (χ3v) is 16.2. The minimum atomic E-state index is -0.674. The summed E-state index contributed by atoms with van der Waals surface area (Å²) >= 11 is 0. The molecule has 0 amide bonds. The normalized spacial score (nSPS) is 14.8. The fraction of sp³-hybridized carbons (Fsp3) is 0.0411. The van der Waals surface area contributed by atoms with Crippen LogP contribution < -0.4 is 9.80 Å². The molecule has 0 bridgehead atoms. The monoisotopic (exact) mass is 969 g/mol. The SMILES string of the molecule is C1=CCCC(n2c3ccccc3c3cc(N(c4ccccc4)c4cc5c(cc4-c4ccccc4)-c4ccccc4C54c5ccccc5-c5cc(-c6ccccc6)c(N(c6ccccc6)c6ccccc6)cc54)ccc32)=C1. The van der Waals surface area contributed by atoms with Crippen LogP contribution in [0, 0.1) is 0 Å². The second-order valence-electron chi connectivity index (χ2n) is 20.3. The Hall–Kier alpha value is -9.70. The van der Waals surface area contributed by atoms with E-state index in [1.54, 1.807) is 0 Å². The van der Waals surface area contributed by atoms with Gasteiger partial charge in [0.2, 0.25) is 0 Å². The standard InChI is InChI=1S/C73H51N3/c1-7-25-50(26-8-1)60-46-62-57-37-19-22-40-65(57)73(67(62)48-71(60)74(52-29-11-3-12-30-52)53-31-13-4-14-32-53)66-41-23-20-38-58(66)63-47-61(51-27-9-2-10-28-51)72(49-68(63)73)75(54-33-15-5-16-34-54)56-43-44-70-64(45-56)59-39-21-24-42-69(59)76(70)55-35-17-6-18-36-55/h1-17,19-35,37-49H,18,36H2. The number of benzene rings is 11. The molecule has 0 N–H and O–H groups in total. The summed E-state index contributed by atoms with van der Waals surface area (Å²) in [6.07, 6.45) is 8.80. The summed E-state index contributed by atoms with van der Waals surface area (Å²) in [6.45, 7) is 0. The van der Waals surface area contributed by atoms with Crippen molar-refractivity contribution in [3.63, 3.8) is 0 Å². The van der Waals surface area contributed by atoms with Gasteiger partial charge < -0.3 is 14.4 Å². The number of aromatic nitrogens is 1. The van der Waals surface area contributed by atoms with Crippen molar-refractivity contribution < 1.29 is 0 Å². The number of anilines is 6. The molecule has 3 nitrogen and oxygen atoms in total. The number of hydrogen-bond acceptors (Lipinski definition) is 2. The molecule has 3 aliphatic carbocycles. The molecule has 0 saturated carbocycles. The van der Waals surface area contributed by atoms with Crippen LogP contribution in [-0.4, -0.2) is 4.57 Å². The van der Waals surface area contributed by atoms with Crippen molar-refractivity contribution in [2.75, 3.05) is 9.80 Å². The van der Waals surface area contributed by atoms with Gasteiger partial charge in [-0.2, -0.15) is 0 Å². The van der Waals surface area contributed by atoms with Gasteiger partial charge in [0.25, 0.3) is 0 Å². The van der Waals surface area contributed by atoms with Crippen molar-refractivity contribution in [1.29, 1.82) is 0 Å². The first-order valence-corrected chi connectivity index (χ1v) is 26.6. The summed E-state index contributed by atoms with van der Waals surface area (Å²) in [4.78, 5) is 4.97. The first-order chi connectivity index (χ1) is 37.7. The van der Waals surface area contributed by atoms with E-state index in [9.17, 15) is 0 Å². The highest BCUT2D eigenvalue weighted by Gasteiger charge is 2.53. The van der Waals surface area contributed by atoms with Gasteiger partial charge in [0.05, 0.1) is 27.8 Å². The third-order valence-electron chi connectivity index (χ3n) is 16.2. The topological polar surface area (TPSA) is 11.4 Å². The van der Waals surface area contributed by atoms with E-state index < -0.39 is 5.41 Å². The lowest BCUT2D eigenvalue weighted by Gasteiger charge is -2.35. The van der Waals surface area contributed by atoms with Crippen LogP contribution in [0.5, 0.6) is 0 Å². The summed E-state index contributed by atoms with van der Waals surface area (Å²) in [5.41, 5.74) is 24.6. The quantitative estimate of drug-likeness (QED) is 0.143. The smallest absolute Gasteiger partial charge is 0.0727 e. The average molecular weight is 970 g/mol. The second kappa shape index (κ2) is 17.8. The molecule has 76 heavy (non-hydrogen) atoms. The van der Waals surface area contributed by atoms with Crippen molar-refractivity contribution in [2.45, 2.75) is 18.3 Å². The Bertz CT molecular complexity index is 4220. The molecule has 1 spiro atoms. The van der Waals surface area contributed by atoms with Gasteiger partial charge in [-0.1, -0.05) is 194 Å². The molecule has 1 atom stereocenters. The number of rotatable bonds is 9. The lowest BCUT2D eigenvalue weighted by molar-refractivity contribution is 0.793. The highest BCUT2D eigenvalue weighted by Crippen LogP contribution is 2.65. The molecule has 1 unspecified atom stereocenters. The van der Waals surface area contributed by atoms with Crippen LogP contribution in [0.1, 0.15) is 35.1 Å². The van der Waals surface area contributed by atoms with Crippen molar-refractivity contribution >= 4 is 61.6 Å². The maximum atomic E-state index is 2.57. The summed E-state index contributed by atoms with van der Waals surface area (Å²) in [5.74, 6) is 0. The summed E-state index contributed by atoms with van der Waals surface area (Å²) < 4.78 is 2.49. The highest BCUT2D eigenvalue weighted by molar-refractivity contribution is 6.12. The number of nitrogens with zero attached hydrogens (tertiary/aromatic N) is 3. The Kier molecular flexibility index (Phi) is 10.2. The van der Waals surface area contributed by atoms with Gasteiger partial charge in [-0.25, -0.2) is 0 Å². The Morgan fingerprint density at radius 1 is 0.329 bits per heavy atom. The van der Waals surface area contributed by atoms with Gasteiger partial charge in [0.15, 0.2) is 0 Å². The number of allylic oxidation sites excluding steroid dienone is 4. The zero-order chi connectivity index (χ0) is 50.2. The minimum Gasteiger partial charge on any atom is -0.313 e. The van der Waals surface area contributed by atoms with Crippen molar-refractivity contribution in [1.82, 2.24) is 4.57 Å². The highest BCUT2D eigenvalue weighted by atomic mass is 15.2. The van der Waals surface area contributed by atoms with E-state index in [-0.39, 0.29) is 0 Å². The Morgan fingerprint density at radius 2 is 0.776 bits per heavy atom. The molecule has 358 valence electrons. The van der Waals surface area contributed by atoms with E-state index >= 15 is 0 Å². The summed E-state index contributed by atoms with van der Waals surface area (Å²) in [7, 11) is 0. The second-order valence-corrected chi connectivity index (χ2v) is 20.3. The van der Waals surface area contributed by atoms with Crippen LogP contribution >= 0.6 is 0 Å². The molecule has 15 rings (SSSR count). The van der Waals surface area contributed by atoms with E-state index in [0.29, 0.717) is 0 Å². The van der Waals surface area contributed by atoms with E-state index in [1.807, 2.05) is 0 Å². The first kappa shape index (κ1) is 43.8. The maximum absolute atomic E-state index is 2.57. The molecule has 3 aliphatic rings. The molecule has 0 aliphatic heterocycles. The predicted octanol–water partition coefficient (Wildman–Crippen LogP) is 19.6. The Labute approximate surface area is 443 Å². The maximum Gasteiger partial charge on any atom is 0.0727 e. The van der Waals surface area contributed by atoms with Gasteiger partial charge in [0, 0.05) is 50.3 Å². The molecule has 1 aromatic heterocycles. The van der Waals surface area contributed by atoms with Crippen LogP contribution in [-0.2, 0) is 5.41 Å². The van der Waals surface area contributed by atoms with Crippen LogP contribution in [0.15, 0.2) is 285 Å². The molecule has 12 aromatic rings. The molecule has 0 radical (unpaired) electrons. The van der Waals surface area contributed by atoms with Gasteiger partial charge in [-0.3, -0.25) is 0 Å². The minimum absolute atomic E-state index is 0.674. The predicted molar refractivity (Wildman–Crippen MR) is 319 cm³/mol. The van der Waals surface area contributed by atoms with Crippen molar-refractivity contribution in [3.8, 4) is 44.5 Å². The van der Waals surface area contributed by atoms with E-state index in [2.05, 4.69) is 300 Å². The molecule has 11 aromatic carbocycles. The first-order valence-electron chi connectivity index (χ1n) is 26.6. The van der Waals surface area contributed by atoms with Gasteiger partial charge in [0.1, 0.15) is 0 Å². The van der Waals surface area contributed by atoms with E-state index in [4.69, 9.17) is 0 Å². The third kappa shape index (κ3) is 6.69. The molecule has 0 saturated heterocycles. The summed E-state index contributed by atoms with van der Waals surface area (Å²) in [6, 6.07) is 99.3. The van der Waals surface area contributed by atoms with Crippen LogP contribution in [0.25, 0.3) is 72.0 Å². The molecule has 1 heterocycles. The van der Waals surface area contributed by atoms with Gasteiger partial charge in [-0.15, -0.1) is 0 Å². The fourth-order valence-corrected chi connectivity index (χ4v) is 13.0. The zero-order valence-electron chi connectivity index (χ0n) is 41.9. The Morgan fingerprint density at radius 3 is 1.29 bits per heavy atom. The van der Waals surface area contributed by atoms with Gasteiger partial charge in [-0.05, 0) is 159 Å². The molecule has 0 fully saturated rings. The van der Waals surface area contributed by atoms with E-state index in [1.165, 1.54) is 88.7 Å². The zero-order valence-corrected chi connectivity index (χ0v) is 41.9. The largest absolute Gasteiger partial charge is 0.313 e. The van der Waals surface area contributed by atoms with Crippen molar-refractivity contribution in [3.05, 3.63) is 307 Å². The van der Waals surface area contributed by atoms with E-state index in [0.717, 1.165) is 52.5 Å². The Balaban J connectivity index is 1.04. The lowest BCUT2D eigenvalue weighted by Crippen LogP contribution is -2.27.